The molecule has 0 aliphatic heterocycles. The first-order valence-electron chi connectivity index (χ1n) is 5.58. The lowest BCUT2D eigenvalue weighted by atomic mass is 10.1. The van der Waals surface area contributed by atoms with Crippen LogP contribution in [0.2, 0.25) is 0 Å². The van der Waals surface area contributed by atoms with Gasteiger partial charge in [-0.05, 0) is 24.3 Å². The van der Waals surface area contributed by atoms with Gasteiger partial charge >= 0.3 is 0 Å². The van der Waals surface area contributed by atoms with Crippen molar-refractivity contribution < 1.29 is 4.79 Å². The van der Waals surface area contributed by atoms with Gasteiger partial charge in [0.15, 0.2) is 0 Å². The van der Waals surface area contributed by atoms with Crippen LogP contribution in [0.15, 0.2) is 42.5 Å². The van der Waals surface area contributed by atoms with E-state index < -0.39 is 5.91 Å². The lowest BCUT2D eigenvalue weighted by Gasteiger charge is -2.12. The average molecular weight is 252 g/mol. The van der Waals surface area contributed by atoms with Crippen LogP contribution < -0.4 is 16.8 Å². The summed E-state index contributed by atoms with van der Waals surface area (Å²) in [5, 5.41) is 12.0. The van der Waals surface area contributed by atoms with E-state index in [0.29, 0.717) is 16.9 Å². The zero-order chi connectivity index (χ0) is 13.8. The van der Waals surface area contributed by atoms with Crippen molar-refractivity contribution in [2.75, 3.05) is 11.1 Å². The predicted octanol–water partition coefficient (Wildman–Crippen LogP) is 1.98. The molecule has 0 heterocycles. The Bertz CT molecular complexity index is 673. The fourth-order valence-corrected chi connectivity index (χ4v) is 1.72. The van der Waals surface area contributed by atoms with Crippen LogP contribution in [0.1, 0.15) is 15.9 Å². The molecule has 5 N–H and O–H groups in total. The van der Waals surface area contributed by atoms with Gasteiger partial charge in [-0.1, -0.05) is 18.2 Å². The maximum atomic E-state index is 11.2. The molecule has 0 saturated heterocycles. The van der Waals surface area contributed by atoms with Crippen LogP contribution in [-0.2, 0) is 0 Å². The standard InChI is InChI=1S/C14H12N4O/c15-8-9-4-1-2-6-11(9)18-12-7-3-5-10(13(12)16)14(17)19/h1-7,18H,16H2,(H2,17,19). The van der Waals surface area contributed by atoms with Crippen molar-refractivity contribution in [3.05, 3.63) is 53.6 Å². The Kier molecular flexibility index (Phi) is 3.35. The molecule has 0 unspecified atom stereocenters. The highest BCUT2D eigenvalue weighted by molar-refractivity contribution is 6.01. The van der Waals surface area contributed by atoms with Crippen molar-refractivity contribution in [1.29, 1.82) is 5.26 Å². The fraction of sp³-hybridized carbons (Fsp3) is 0. The normalized spacial score (nSPS) is 9.63. The van der Waals surface area contributed by atoms with Gasteiger partial charge in [-0.3, -0.25) is 4.79 Å². The third-order valence-electron chi connectivity index (χ3n) is 2.69. The van der Waals surface area contributed by atoms with Crippen LogP contribution in [0.4, 0.5) is 17.1 Å². The molecule has 94 valence electrons. The Morgan fingerprint density at radius 1 is 1.11 bits per heavy atom. The molecule has 19 heavy (non-hydrogen) atoms. The SMILES string of the molecule is N#Cc1ccccc1Nc1cccc(C(N)=O)c1N. The molecule has 0 spiro atoms. The van der Waals surface area contributed by atoms with E-state index in [2.05, 4.69) is 11.4 Å². The summed E-state index contributed by atoms with van der Waals surface area (Å²) in [7, 11) is 0. The summed E-state index contributed by atoms with van der Waals surface area (Å²) in [5.74, 6) is -0.588. The Morgan fingerprint density at radius 2 is 1.79 bits per heavy atom. The van der Waals surface area contributed by atoms with E-state index in [1.54, 1.807) is 42.5 Å². The molecular weight excluding hydrogens is 240 g/mol. The van der Waals surface area contributed by atoms with Gasteiger partial charge in [0.2, 0.25) is 0 Å². The second kappa shape index (κ2) is 5.10. The number of nitriles is 1. The molecule has 5 heteroatoms. The number of anilines is 3. The van der Waals surface area contributed by atoms with E-state index in [1.165, 1.54) is 0 Å². The number of rotatable bonds is 3. The van der Waals surface area contributed by atoms with Crippen LogP contribution in [-0.4, -0.2) is 5.91 Å². The monoisotopic (exact) mass is 252 g/mol. The highest BCUT2D eigenvalue weighted by atomic mass is 16.1. The van der Waals surface area contributed by atoms with Gasteiger partial charge in [-0.15, -0.1) is 0 Å². The molecule has 0 atom stereocenters. The Balaban J connectivity index is 2.42. The largest absolute Gasteiger partial charge is 0.396 e. The fourth-order valence-electron chi connectivity index (χ4n) is 1.72. The van der Waals surface area contributed by atoms with Crippen LogP contribution in [0.25, 0.3) is 0 Å². The second-order valence-corrected chi connectivity index (χ2v) is 3.91. The lowest BCUT2D eigenvalue weighted by Crippen LogP contribution is -2.14. The van der Waals surface area contributed by atoms with Gasteiger partial charge in [0.1, 0.15) is 6.07 Å². The molecule has 0 bridgehead atoms. The predicted molar refractivity (Wildman–Crippen MR) is 73.8 cm³/mol. The summed E-state index contributed by atoms with van der Waals surface area (Å²) < 4.78 is 0. The topological polar surface area (TPSA) is 105 Å². The maximum Gasteiger partial charge on any atom is 0.250 e. The summed E-state index contributed by atoms with van der Waals surface area (Å²) in [6, 6.07) is 14.0. The molecule has 0 aliphatic rings. The lowest BCUT2D eigenvalue weighted by molar-refractivity contribution is 0.100. The average Bonchev–Trinajstić information content (AvgIpc) is 2.41. The smallest absolute Gasteiger partial charge is 0.250 e. The zero-order valence-electron chi connectivity index (χ0n) is 10.1. The van der Waals surface area contributed by atoms with Gasteiger partial charge in [-0.2, -0.15) is 5.26 Å². The summed E-state index contributed by atoms with van der Waals surface area (Å²) in [6.07, 6.45) is 0. The van der Waals surface area contributed by atoms with E-state index in [0.717, 1.165) is 0 Å². The van der Waals surface area contributed by atoms with Crippen molar-refractivity contribution in [1.82, 2.24) is 0 Å². The summed E-state index contributed by atoms with van der Waals surface area (Å²) in [4.78, 5) is 11.2. The minimum absolute atomic E-state index is 0.249. The number of hydrogen-bond acceptors (Lipinski definition) is 4. The molecule has 2 aromatic rings. The molecule has 0 radical (unpaired) electrons. The van der Waals surface area contributed by atoms with Crippen LogP contribution in [0, 0.1) is 11.3 Å². The number of nitrogens with zero attached hydrogens (tertiary/aromatic N) is 1. The molecule has 0 aromatic heterocycles. The number of benzene rings is 2. The zero-order valence-corrected chi connectivity index (χ0v) is 10.1. The van der Waals surface area contributed by atoms with Gasteiger partial charge in [0, 0.05) is 0 Å². The van der Waals surface area contributed by atoms with Gasteiger partial charge < -0.3 is 16.8 Å². The van der Waals surface area contributed by atoms with E-state index in [4.69, 9.17) is 16.7 Å². The number of nitrogens with one attached hydrogen (secondary N) is 1. The Hall–Kier alpha value is -3.00. The Labute approximate surface area is 110 Å². The first-order valence-corrected chi connectivity index (χ1v) is 5.58. The second-order valence-electron chi connectivity index (χ2n) is 3.91. The minimum Gasteiger partial charge on any atom is -0.396 e. The number of para-hydroxylation sites is 2. The Morgan fingerprint density at radius 3 is 2.47 bits per heavy atom. The number of amides is 1. The van der Waals surface area contributed by atoms with E-state index in [9.17, 15) is 4.79 Å². The highest BCUT2D eigenvalue weighted by Gasteiger charge is 2.10. The molecule has 2 aromatic carbocycles. The third-order valence-corrected chi connectivity index (χ3v) is 2.69. The number of hydrogen-bond donors (Lipinski definition) is 3. The van der Waals surface area contributed by atoms with Crippen molar-refractivity contribution in [3.8, 4) is 6.07 Å². The van der Waals surface area contributed by atoms with Gasteiger partial charge in [0.25, 0.3) is 5.91 Å². The third kappa shape index (κ3) is 2.48. The number of carbonyl (C=O) groups is 1. The summed E-state index contributed by atoms with van der Waals surface area (Å²) >= 11 is 0. The van der Waals surface area contributed by atoms with E-state index in [1.807, 2.05) is 0 Å². The maximum absolute atomic E-state index is 11.2. The molecule has 0 aliphatic carbocycles. The van der Waals surface area contributed by atoms with Gasteiger partial charge in [0.05, 0.1) is 28.2 Å². The molecule has 0 saturated carbocycles. The van der Waals surface area contributed by atoms with Crippen molar-refractivity contribution >= 4 is 23.0 Å². The number of carbonyl (C=O) groups excluding carboxylic acids is 1. The van der Waals surface area contributed by atoms with Gasteiger partial charge in [-0.25, -0.2) is 0 Å². The first-order chi connectivity index (χ1) is 9.13. The van der Waals surface area contributed by atoms with Crippen molar-refractivity contribution in [2.24, 2.45) is 5.73 Å². The van der Waals surface area contributed by atoms with Crippen LogP contribution >= 0.6 is 0 Å². The van der Waals surface area contributed by atoms with Crippen molar-refractivity contribution in [3.63, 3.8) is 0 Å². The van der Waals surface area contributed by atoms with Crippen LogP contribution in [0.3, 0.4) is 0 Å². The van der Waals surface area contributed by atoms with Crippen LogP contribution in [0.5, 0.6) is 0 Å². The minimum atomic E-state index is -0.588. The molecular formula is C14H12N4O. The van der Waals surface area contributed by atoms with E-state index >= 15 is 0 Å². The van der Waals surface area contributed by atoms with E-state index in [-0.39, 0.29) is 11.3 Å². The first kappa shape index (κ1) is 12.5. The summed E-state index contributed by atoms with van der Waals surface area (Å²) in [6.45, 7) is 0. The van der Waals surface area contributed by atoms with Crippen molar-refractivity contribution in [2.45, 2.75) is 0 Å². The quantitative estimate of drug-likeness (QED) is 0.726. The number of primary amides is 1. The summed E-state index contributed by atoms with van der Waals surface area (Å²) in [5.41, 5.74) is 13.3. The molecule has 5 nitrogen and oxygen atoms in total. The number of nitrogen functional groups attached to an aromatic ring is 1. The highest BCUT2D eigenvalue weighted by Crippen LogP contribution is 2.27. The molecule has 2 rings (SSSR count). The molecule has 1 amide bonds. The molecule has 0 fully saturated rings. The number of nitrogens with two attached hydrogens (primary N) is 2.